The number of nitrogens with one attached hydrogen (secondary N) is 1. The van der Waals surface area contributed by atoms with Gasteiger partial charge in [0.05, 0.1) is 25.4 Å². The van der Waals surface area contributed by atoms with E-state index in [2.05, 4.69) is 99.0 Å². The number of carbonyl (C=O) groups is 2. The van der Waals surface area contributed by atoms with Crippen LogP contribution in [0.3, 0.4) is 0 Å². The molecule has 0 aromatic rings. The van der Waals surface area contributed by atoms with Crippen molar-refractivity contribution < 1.29 is 49.3 Å². The third kappa shape index (κ3) is 57.3. The molecule has 0 aliphatic carbocycles. The monoisotopic (exact) mass is 1330 g/mol. The Hall–Kier alpha value is -3.16. The van der Waals surface area contributed by atoms with Gasteiger partial charge < -0.3 is 45.1 Å². The molecule has 95 heavy (non-hydrogen) atoms. The van der Waals surface area contributed by atoms with E-state index >= 15 is 0 Å². The van der Waals surface area contributed by atoms with Gasteiger partial charge in [0.2, 0.25) is 5.91 Å². The fourth-order valence-electron chi connectivity index (χ4n) is 12.5. The normalized spacial score (nSPS) is 18.2. The van der Waals surface area contributed by atoms with Crippen LogP contribution in [0.5, 0.6) is 0 Å². The lowest BCUT2D eigenvalue weighted by atomic mass is 9.99. The number of ether oxygens (including phenoxy) is 3. The molecule has 11 heteroatoms. The van der Waals surface area contributed by atoms with Gasteiger partial charge in [0.1, 0.15) is 24.4 Å². The summed E-state index contributed by atoms with van der Waals surface area (Å²) in [6, 6.07) is -1.03. The summed E-state index contributed by atoms with van der Waals surface area (Å²) in [7, 11) is 0. The number of aliphatic hydroxyl groups is 5. The van der Waals surface area contributed by atoms with Crippen LogP contribution in [0.2, 0.25) is 0 Å². The number of rotatable bonds is 70. The van der Waals surface area contributed by atoms with Crippen LogP contribution in [-0.2, 0) is 23.8 Å². The third-order valence-electron chi connectivity index (χ3n) is 18.8. The van der Waals surface area contributed by atoms with E-state index in [0.717, 1.165) is 96.3 Å². The van der Waals surface area contributed by atoms with E-state index in [9.17, 15) is 35.1 Å². The molecule has 8 unspecified atom stereocenters. The zero-order valence-corrected chi connectivity index (χ0v) is 61.8. The van der Waals surface area contributed by atoms with Gasteiger partial charge in [-0.3, -0.25) is 9.59 Å². The number of aliphatic hydroxyl groups excluding tert-OH is 5. The van der Waals surface area contributed by atoms with Crippen LogP contribution in [0.25, 0.3) is 0 Å². The molecule has 1 saturated heterocycles. The zero-order valence-electron chi connectivity index (χ0n) is 61.8. The molecular weight excluding hydrogens is 1180 g/mol. The molecule has 1 heterocycles. The zero-order chi connectivity index (χ0) is 68.8. The van der Waals surface area contributed by atoms with Gasteiger partial charge in [-0.15, -0.1) is 0 Å². The van der Waals surface area contributed by atoms with Crippen LogP contribution in [0.4, 0.5) is 0 Å². The molecule has 0 radical (unpaired) electrons. The van der Waals surface area contributed by atoms with E-state index in [0.29, 0.717) is 12.8 Å². The van der Waals surface area contributed by atoms with Crippen molar-refractivity contribution in [3.8, 4) is 0 Å². The Morgan fingerprint density at radius 3 is 1.15 bits per heavy atom. The predicted molar refractivity (Wildman–Crippen MR) is 402 cm³/mol. The molecule has 0 spiro atoms. The Morgan fingerprint density at radius 2 is 0.758 bits per heavy atom. The number of hydrogen-bond acceptors (Lipinski definition) is 10. The van der Waals surface area contributed by atoms with E-state index in [1.54, 1.807) is 6.08 Å². The minimum absolute atomic E-state index is 0.125. The number of amides is 1. The molecule has 0 saturated carbocycles. The first-order valence-electron chi connectivity index (χ1n) is 40.4. The lowest BCUT2D eigenvalue weighted by molar-refractivity contribution is -0.305. The maximum Gasteiger partial charge on any atom is 0.306 e. The second kappa shape index (κ2) is 70.7. The highest BCUT2D eigenvalue weighted by Crippen LogP contribution is 2.27. The Morgan fingerprint density at radius 1 is 0.421 bits per heavy atom. The summed E-state index contributed by atoms with van der Waals surface area (Å²) in [5.74, 6) is -1.19. The number of allylic oxidation sites excluding steroid dienone is 13. The molecule has 1 fully saturated rings. The summed E-state index contributed by atoms with van der Waals surface area (Å²) in [5, 5.41) is 57.5. The van der Waals surface area contributed by atoms with Crippen molar-refractivity contribution in [3.63, 3.8) is 0 Å². The molecule has 552 valence electrons. The summed E-state index contributed by atoms with van der Waals surface area (Å²) in [6.45, 7) is 5.73. The fourth-order valence-corrected chi connectivity index (χ4v) is 12.5. The van der Waals surface area contributed by atoms with Gasteiger partial charge in [-0.1, -0.05) is 356 Å². The molecular formula is C84H151NO10. The molecule has 6 N–H and O–H groups in total. The van der Waals surface area contributed by atoms with Gasteiger partial charge >= 0.3 is 5.97 Å². The molecule has 1 aliphatic heterocycles. The maximum absolute atomic E-state index is 13.5. The minimum Gasteiger partial charge on any atom is -0.454 e. The van der Waals surface area contributed by atoms with Crippen LogP contribution < -0.4 is 5.32 Å². The van der Waals surface area contributed by atoms with Gasteiger partial charge in [-0.2, -0.15) is 0 Å². The largest absolute Gasteiger partial charge is 0.454 e. The number of carbonyl (C=O) groups excluding carboxylic acids is 2. The third-order valence-corrected chi connectivity index (χ3v) is 18.8. The molecule has 1 aliphatic rings. The molecule has 0 aromatic heterocycles. The molecule has 0 aromatic carbocycles. The van der Waals surface area contributed by atoms with Crippen LogP contribution >= 0.6 is 0 Å². The second-order valence-electron chi connectivity index (χ2n) is 27.8. The lowest BCUT2D eigenvalue weighted by Gasteiger charge is -2.41. The maximum atomic E-state index is 13.5. The van der Waals surface area contributed by atoms with Gasteiger partial charge in [-0.25, -0.2) is 0 Å². The highest BCUT2D eigenvalue weighted by Gasteiger charge is 2.47. The van der Waals surface area contributed by atoms with Gasteiger partial charge in [-0.05, 0) is 96.3 Å². The van der Waals surface area contributed by atoms with Crippen molar-refractivity contribution in [1.82, 2.24) is 5.32 Å². The van der Waals surface area contributed by atoms with E-state index in [4.69, 9.17) is 14.2 Å². The van der Waals surface area contributed by atoms with Gasteiger partial charge in [0, 0.05) is 6.42 Å². The van der Waals surface area contributed by atoms with Crippen LogP contribution in [0, 0.1) is 0 Å². The van der Waals surface area contributed by atoms with Gasteiger partial charge in [0.25, 0.3) is 0 Å². The molecule has 1 amide bonds. The van der Waals surface area contributed by atoms with E-state index in [1.807, 2.05) is 6.08 Å². The SMILES string of the molecule is CC/C=C\C/C=C\C/C=C\C/C=C\C/C=C\CCCCCCCCCCCCC(O)C(=O)NC(COC1OC(CO)C(O)C(O)C1OC(=O)CCCCCCCCCCCCCCCCCCC/C=C/CCCCCCCC)C(O)/C=C/CCCCCCCCCCCCC. The highest BCUT2D eigenvalue weighted by atomic mass is 16.7. The summed E-state index contributed by atoms with van der Waals surface area (Å²) in [6.07, 6.45) is 84.9. The average Bonchev–Trinajstić information content (AvgIpc) is 0.829. The summed E-state index contributed by atoms with van der Waals surface area (Å²) < 4.78 is 17.8. The predicted octanol–water partition coefficient (Wildman–Crippen LogP) is 22.0. The minimum atomic E-state index is -1.62. The lowest BCUT2D eigenvalue weighted by Crippen LogP contribution is -2.61. The first-order valence-corrected chi connectivity index (χ1v) is 40.4. The Kier molecular flexibility index (Phi) is 66.9. The first-order chi connectivity index (χ1) is 46.7. The van der Waals surface area contributed by atoms with Crippen LogP contribution in [0.15, 0.2) is 85.1 Å². The standard InChI is InChI=1S/C84H151NO10/c1-4-7-10-13-16-19-22-25-27-29-31-33-35-37-39-41-43-45-47-49-51-54-57-60-63-66-69-72-79(89)95-82-81(91)80(90)78(73-86)94-84(82)93-74-75(76(87)70-67-64-61-58-55-52-24-21-18-15-12-9-6-3)85-83(92)77(88)71-68-65-62-59-56-53-50-48-46-44-42-40-38-36-34-32-30-28-26-23-20-17-14-11-8-5-2/h8,11,17,20,25-28,32,34,38,40,67,70,75-78,80-82,84,86-88,90-91H,4-7,9-10,12-16,18-19,21-24,29-31,33,35-37,39,41-66,68-69,71-74H2,1-3H3,(H,85,92)/b11-8-,20-17-,27-25+,28-26-,34-32-,40-38-,70-67+. The molecule has 11 nitrogen and oxygen atoms in total. The van der Waals surface area contributed by atoms with Crippen molar-refractivity contribution in [2.45, 2.75) is 423 Å². The van der Waals surface area contributed by atoms with Crippen molar-refractivity contribution >= 4 is 11.9 Å². The van der Waals surface area contributed by atoms with Crippen LogP contribution in [0.1, 0.15) is 374 Å². The Labute approximate surface area is 584 Å². The van der Waals surface area contributed by atoms with Crippen molar-refractivity contribution in [1.29, 1.82) is 0 Å². The van der Waals surface area contributed by atoms with E-state index in [-0.39, 0.29) is 19.4 Å². The number of unbranched alkanes of at least 4 members (excludes halogenated alkanes) is 44. The fraction of sp³-hybridized carbons (Fsp3) is 0.810. The number of hydrogen-bond donors (Lipinski definition) is 6. The summed E-state index contributed by atoms with van der Waals surface area (Å²) in [5.41, 5.74) is 0. The smallest absolute Gasteiger partial charge is 0.306 e. The van der Waals surface area contributed by atoms with Crippen molar-refractivity contribution in [3.05, 3.63) is 85.1 Å². The quantitative estimate of drug-likeness (QED) is 0.0195. The van der Waals surface area contributed by atoms with Crippen molar-refractivity contribution in [2.24, 2.45) is 0 Å². The van der Waals surface area contributed by atoms with Gasteiger partial charge in [0.15, 0.2) is 12.4 Å². The Bertz CT molecular complexity index is 1880. The van der Waals surface area contributed by atoms with Crippen molar-refractivity contribution in [2.75, 3.05) is 13.2 Å². The van der Waals surface area contributed by atoms with E-state index < -0.39 is 67.4 Å². The Balaban J connectivity index is 2.50. The molecule has 1 rings (SSSR count). The second-order valence-corrected chi connectivity index (χ2v) is 27.8. The first kappa shape index (κ1) is 89.9. The topological polar surface area (TPSA) is 175 Å². The van der Waals surface area contributed by atoms with E-state index in [1.165, 1.54) is 231 Å². The molecule has 8 atom stereocenters. The highest BCUT2D eigenvalue weighted by molar-refractivity contribution is 5.80. The average molecular weight is 1340 g/mol. The summed E-state index contributed by atoms with van der Waals surface area (Å²) >= 11 is 0. The number of esters is 1. The molecule has 0 bridgehead atoms. The summed E-state index contributed by atoms with van der Waals surface area (Å²) in [4.78, 5) is 26.8. The van der Waals surface area contributed by atoms with Crippen LogP contribution in [-0.4, -0.2) is 99.6 Å².